The molecule has 0 fully saturated rings. The summed E-state index contributed by atoms with van der Waals surface area (Å²) in [5.41, 5.74) is -0.0952. The standard InChI is InChI=1S/C12H15ClN2O3/c1-9(13)5-4-8-14-12(16)10-6-2-3-7-11(10)15(17)18/h2-3,6-7,9H,4-5,8H2,1H3,(H,14,16). The van der Waals surface area contributed by atoms with Crippen molar-refractivity contribution in [3.8, 4) is 0 Å². The third-order valence-corrected chi connectivity index (χ3v) is 2.63. The molecular weight excluding hydrogens is 256 g/mol. The molecule has 1 atom stereocenters. The normalized spacial score (nSPS) is 11.9. The van der Waals surface area contributed by atoms with Gasteiger partial charge in [0.25, 0.3) is 11.6 Å². The van der Waals surface area contributed by atoms with E-state index in [0.29, 0.717) is 6.54 Å². The van der Waals surface area contributed by atoms with Crippen molar-refractivity contribution in [2.24, 2.45) is 0 Å². The van der Waals surface area contributed by atoms with Crippen LogP contribution in [0, 0.1) is 10.1 Å². The van der Waals surface area contributed by atoms with Crippen molar-refractivity contribution in [3.05, 3.63) is 39.9 Å². The lowest BCUT2D eigenvalue weighted by Crippen LogP contribution is -2.25. The molecule has 0 saturated heterocycles. The Balaban J connectivity index is 2.59. The summed E-state index contributed by atoms with van der Waals surface area (Å²) in [4.78, 5) is 22.0. The molecule has 0 aliphatic heterocycles. The molecule has 1 unspecified atom stereocenters. The van der Waals surface area contributed by atoms with Gasteiger partial charge in [0.2, 0.25) is 0 Å². The van der Waals surface area contributed by atoms with Crippen molar-refractivity contribution >= 4 is 23.2 Å². The van der Waals surface area contributed by atoms with E-state index in [-0.39, 0.29) is 16.6 Å². The molecule has 18 heavy (non-hydrogen) atoms. The highest BCUT2D eigenvalue weighted by Gasteiger charge is 2.18. The van der Waals surface area contributed by atoms with E-state index in [1.807, 2.05) is 6.92 Å². The molecule has 1 aromatic carbocycles. The average Bonchev–Trinajstić information content (AvgIpc) is 2.34. The highest BCUT2D eigenvalue weighted by molar-refractivity contribution is 6.20. The molecular formula is C12H15ClN2O3. The van der Waals surface area contributed by atoms with Crippen molar-refractivity contribution in [1.29, 1.82) is 0 Å². The number of nitrogens with zero attached hydrogens (tertiary/aromatic N) is 1. The van der Waals surface area contributed by atoms with Gasteiger partial charge in [-0.05, 0) is 25.8 Å². The van der Waals surface area contributed by atoms with E-state index in [9.17, 15) is 14.9 Å². The van der Waals surface area contributed by atoms with Gasteiger partial charge < -0.3 is 5.32 Å². The number of nitro benzene ring substituents is 1. The van der Waals surface area contributed by atoms with Gasteiger partial charge in [-0.3, -0.25) is 14.9 Å². The number of rotatable bonds is 6. The number of benzene rings is 1. The van der Waals surface area contributed by atoms with Crippen LogP contribution in [0.4, 0.5) is 5.69 Å². The summed E-state index contributed by atoms with van der Waals surface area (Å²) in [7, 11) is 0. The quantitative estimate of drug-likeness (QED) is 0.374. The Labute approximate surface area is 110 Å². The van der Waals surface area contributed by atoms with Crippen LogP contribution in [0.5, 0.6) is 0 Å². The summed E-state index contributed by atoms with van der Waals surface area (Å²) < 4.78 is 0. The number of carbonyl (C=O) groups excluding carboxylic acids is 1. The van der Waals surface area contributed by atoms with Crippen molar-refractivity contribution < 1.29 is 9.72 Å². The Morgan fingerprint density at radius 3 is 2.78 bits per heavy atom. The predicted octanol–water partition coefficient (Wildman–Crippen LogP) is 2.73. The topological polar surface area (TPSA) is 72.2 Å². The fraction of sp³-hybridized carbons (Fsp3) is 0.417. The number of carbonyl (C=O) groups is 1. The smallest absolute Gasteiger partial charge is 0.282 e. The summed E-state index contributed by atoms with van der Waals surface area (Å²) in [5.74, 6) is -0.426. The van der Waals surface area contributed by atoms with Crippen LogP contribution in [-0.2, 0) is 0 Å². The molecule has 0 aromatic heterocycles. The first-order valence-corrected chi connectivity index (χ1v) is 6.11. The molecule has 98 valence electrons. The zero-order valence-electron chi connectivity index (χ0n) is 10.1. The minimum Gasteiger partial charge on any atom is -0.352 e. The van der Waals surface area contributed by atoms with E-state index in [2.05, 4.69) is 5.32 Å². The van der Waals surface area contributed by atoms with E-state index in [4.69, 9.17) is 11.6 Å². The van der Waals surface area contributed by atoms with Gasteiger partial charge in [-0.15, -0.1) is 11.6 Å². The second-order valence-electron chi connectivity index (χ2n) is 3.95. The SMILES string of the molecule is CC(Cl)CCCNC(=O)c1ccccc1[N+](=O)[O-]. The molecule has 1 aromatic rings. The molecule has 0 saturated carbocycles. The lowest BCUT2D eigenvalue weighted by atomic mass is 10.1. The molecule has 0 aliphatic rings. The molecule has 0 radical (unpaired) electrons. The Kier molecular flexibility index (Phi) is 5.58. The lowest BCUT2D eigenvalue weighted by Gasteiger charge is -2.06. The molecule has 0 spiro atoms. The van der Waals surface area contributed by atoms with Crippen LogP contribution >= 0.6 is 11.6 Å². The molecule has 6 heteroatoms. The maximum Gasteiger partial charge on any atom is 0.282 e. The van der Waals surface area contributed by atoms with Crippen molar-refractivity contribution in [2.75, 3.05) is 6.54 Å². The van der Waals surface area contributed by atoms with Crippen molar-refractivity contribution in [1.82, 2.24) is 5.32 Å². The van der Waals surface area contributed by atoms with Crippen LogP contribution in [0.1, 0.15) is 30.1 Å². The number of alkyl halides is 1. The fourth-order valence-corrected chi connectivity index (χ4v) is 1.66. The monoisotopic (exact) mass is 270 g/mol. The zero-order valence-corrected chi connectivity index (χ0v) is 10.8. The third kappa shape index (κ3) is 4.33. The van der Waals surface area contributed by atoms with E-state index in [0.717, 1.165) is 12.8 Å². The lowest BCUT2D eigenvalue weighted by molar-refractivity contribution is -0.385. The number of amides is 1. The van der Waals surface area contributed by atoms with Crippen LogP contribution in [-0.4, -0.2) is 22.8 Å². The van der Waals surface area contributed by atoms with E-state index in [1.54, 1.807) is 6.07 Å². The number of nitro groups is 1. The highest BCUT2D eigenvalue weighted by Crippen LogP contribution is 2.17. The van der Waals surface area contributed by atoms with Crippen molar-refractivity contribution in [2.45, 2.75) is 25.1 Å². The summed E-state index contributed by atoms with van der Waals surface area (Å²) >= 11 is 5.77. The molecule has 1 N–H and O–H groups in total. The first kappa shape index (κ1) is 14.4. The summed E-state index contributed by atoms with van der Waals surface area (Å²) in [6, 6.07) is 5.89. The van der Waals surface area contributed by atoms with E-state index < -0.39 is 10.8 Å². The van der Waals surface area contributed by atoms with Crippen LogP contribution in [0.25, 0.3) is 0 Å². The molecule has 0 bridgehead atoms. The maximum atomic E-state index is 11.8. The Morgan fingerprint density at radius 2 is 2.17 bits per heavy atom. The minimum atomic E-state index is -0.560. The van der Waals surface area contributed by atoms with Gasteiger partial charge in [0.15, 0.2) is 0 Å². The van der Waals surface area contributed by atoms with Gasteiger partial charge >= 0.3 is 0 Å². The molecule has 5 nitrogen and oxygen atoms in total. The number of para-hydroxylation sites is 1. The summed E-state index contributed by atoms with van der Waals surface area (Å²) in [6.07, 6.45) is 1.54. The van der Waals surface area contributed by atoms with Gasteiger partial charge in [0.1, 0.15) is 5.56 Å². The van der Waals surface area contributed by atoms with Gasteiger partial charge in [-0.25, -0.2) is 0 Å². The second kappa shape index (κ2) is 6.96. The number of nitrogens with one attached hydrogen (secondary N) is 1. The number of hydrogen-bond acceptors (Lipinski definition) is 3. The Hall–Kier alpha value is -1.62. The molecule has 1 amide bonds. The van der Waals surface area contributed by atoms with Gasteiger partial charge in [0.05, 0.1) is 4.92 Å². The summed E-state index contributed by atoms with van der Waals surface area (Å²) in [5, 5.41) is 13.5. The third-order valence-electron chi connectivity index (χ3n) is 2.41. The molecule has 1 rings (SSSR count). The van der Waals surface area contributed by atoms with Gasteiger partial charge in [-0.2, -0.15) is 0 Å². The Morgan fingerprint density at radius 1 is 1.50 bits per heavy atom. The maximum absolute atomic E-state index is 11.8. The number of halogens is 1. The van der Waals surface area contributed by atoms with E-state index >= 15 is 0 Å². The summed E-state index contributed by atoms with van der Waals surface area (Å²) in [6.45, 7) is 2.34. The first-order chi connectivity index (χ1) is 8.52. The second-order valence-corrected chi connectivity index (χ2v) is 4.70. The van der Waals surface area contributed by atoms with Crippen LogP contribution < -0.4 is 5.32 Å². The zero-order chi connectivity index (χ0) is 13.5. The van der Waals surface area contributed by atoms with Crippen molar-refractivity contribution in [3.63, 3.8) is 0 Å². The van der Waals surface area contributed by atoms with Gasteiger partial charge in [0, 0.05) is 18.0 Å². The fourth-order valence-electron chi connectivity index (χ4n) is 1.51. The highest BCUT2D eigenvalue weighted by atomic mass is 35.5. The van der Waals surface area contributed by atoms with Gasteiger partial charge in [-0.1, -0.05) is 12.1 Å². The average molecular weight is 271 g/mol. The Bertz CT molecular complexity index is 435. The predicted molar refractivity (Wildman–Crippen MR) is 70.0 cm³/mol. The van der Waals surface area contributed by atoms with Crippen LogP contribution in [0.3, 0.4) is 0 Å². The first-order valence-electron chi connectivity index (χ1n) is 5.68. The minimum absolute atomic E-state index is 0.0629. The van der Waals surface area contributed by atoms with E-state index in [1.165, 1.54) is 18.2 Å². The number of hydrogen-bond donors (Lipinski definition) is 1. The molecule has 0 aliphatic carbocycles. The largest absolute Gasteiger partial charge is 0.352 e. The van der Waals surface area contributed by atoms with Crippen LogP contribution in [0.2, 0.25) is 0 Å². The molecule has 0 heterocycles. The van der Waals surface area contributed by atoms with Crippen LogP contribution in [0.15, 0.2) is 24.3 Å².